The largest absolute Gasteiger partial charge is 0.508 e. The molecule has 0 radical (unpaired) electrons. The molecule has 0 fully saturated rings. The summed E-state index contributed by atoms with van der Waals surface area (Å²) in [5.74, 6) is 0.309. The van der Waals surface area contributed by atoms with Gasteiger partial charge in [0.15, 0.2) is 0 Å². The lowest BCUT2D eigenvalue weighted by atomic mass is 9.94. The van der Waals surface area contributed by atoms with Crippen molar-refractivity contribution in [1.29, 1.82) is 0 Å². The van der Waals surface area contributed by atoms with Crippen LogP contribution in [0.15, 0.2) is 42.5 Å². The van der Waals surface area contributed by atoms with Crippen LogP contribution in [0.4, 0.5) is 0 Å². The number of methoxy groups -OCH3 is 1. The number of benzene rings is 2. The van der Waals surface area contributed by atoms with Gasteiger partial charge < -0.3 is 19.7 Å². The second kappa shape index (κ2) is 6.30. The second-order valence-electron chi connectivity index (χ2n) is 5.61. The molecule has 2 N–H and O–H groups in total. The lowest BCUT2D eigenvalue weighted by Crippen LogP contribution is -2.27. The minimum Gasteiger partial charge on any atom is -0.508 e. The predicted molar refractivity (Wildman–Crippen MR) is 83.6 cm³/mol. The van der Waals surface area contributed by atoms with Crippen molar-refractivity contribution < 1.29 is 24.5 Å². The van der Waals surface area contributed by atoms with Gasteiger partial charge in [-0.2, -0.15) is 0 Å². The number of rotatable bonds is 3. The monoisotopic (exact) mass is 314 g/mol. The highest BCUT2D eigenvalue weighted by molar-refractivity contribution is 5.89. The van der Waals surface area contributed by atoms with Gasteiger partial charge in [-0.1, -0.05) is 12.1 Å². The maximum Gasteiger partial charge on any atom is 0.337 e. The van der Waals surface area contributed by atoms with Gasteiger partial charge in [0.25, 0.3) is 0 Å². The summed E-state index contributed by atoms with van der Waals surface area (Å²) in [6.45, 7) is 0. The molecule has 1 aliphatic heterocycles. The zero-order valence-corrected chi connectivity index (χ0v) is 12.7. The minimum absolute atomic E-state index is 0.107. The number of phenolic OH excluding ortho intramolecular Hbond substituents is 1. The summed E-state index contributed by atoms with van der Waals surface area (Å²) in [5.41, 5.74) is 2.03. The molecule has 0 spiro atoms. The Bertz CT molecular complexity index is 725. The minimum atomic E-state index is -0.681. The van der Waals surface area contributed by atoms with Gasteiger partial charge in [-0.3, -0.25) is 0 Å². The first-order valence-electron chi connectivity index (χ1n) is 7.41. The van der Waals surface area contributed by atoms with Crippen molar-refractivity contribution in [3.05, 3.63) is 59.2 Å². The third-order valence-corrected chi connectivity index (χ3v) is 3.94. The summed E-state index contributed by atoms with van der Waals surface area (Å²) in [5, 5.41) is 19.8. The lowest BCUT2D eigenvalue weighted by Gasteiger charge is -2.29. The summed E-state index contributed by atoms with van der Waals surface area (Å²) >= 11 is 0. The molecule has 0 saturated heterocycles. The van der Waals surface area contributed by atoms with Gasteiger partial charge in [-0.15, -0.1) is 0 Å². The van der Waals surface area contributed by atoms with Gasteiger partial charge in [0.05, 0.1) is 18.8 Å². The van der Waals surface area contributed by atoms with Crippen molar-refractivity contribution in [1.82, 2.24) is 0 Å². The van der Waals surface area contributed by atoms with Gasteiger partial charge in [-0.25, -0.2) is 4.79 Å². The molecule has 0 saturated carbocycles. The normalized spacial score (nSPS) is 19.6. The van der Waals surface area contributed by atoms with Crippen LogP contribution in [0.25, 0.3) is 0 Å². The number of aliphatic hydroxyl groups excluding tert-OH is 1. The first-order chi connectivity index (χ1) is 11.1. The Hall–Kier alpha value is -2.53. The molecule has 0 aromatic heterocycles. The van der Waals surface area contributed by atoms with E-state index in [1.807, 2.05) is 6.07 Å². The van der Waals surface area contributed by atoms with E-state index < -0.39 is 6.10 Å². The fourth-order valence-corrected chi connectivity index (χ4v) is 2.84. The van der Waals surface area contributed by atoms with E-state index in [2.05, 4.69) is 0 Å². The molecular weight excluding hydrogens is 296 g/mol. The van der Waals surface area contributed by atoms with Crippen LogP contribution in [-0.4, -0.2) is 29.4 Å². The maximum absolute atomic E-state index is 11.6. The van der Waals surface area contributed by atoms with Crippen molar-refractivity contribution in [3.63, 3.8) is 0 Å². The van der Waals surface area contributed by atoms with Gasteiger partial charge in [0.2, 0.25) is 0 Å². The number of carbonyl (C=O) groups excluding carboxylic acids is 1. The van der Waals surface area contributed by atoms with E-state index in [1.165, 1.54) is 19.2 Å². The molecule has 23 heavy (non-hydrogen) atoms. The predicted octanol–water partition coefficient (Wildman–Crippen LogP) is 2.61. The number of fused-ring (bicyclic) bond motifs is 1. The molecule has 3 rings (SSSR count). The lowest BCUT2D eigenvalue weighted by molar-refractivity contribution is 0.0597. The first kappa shape index (κ1) is 15.4. The van der Waals surface area contributed by atoms with Crippen LogP contribution in [0.5, 0.6) is 11.5 Å². The molecule has 1 aliphatic rings. The number of phenols is 1. The average Bonchev–Trinajstić information content (AvgIpc) is 2.55. The number of aliphatic hydroxyl groups is 1. The van der Waals surface area contributed by atoms with E-state index in [0.717, 1.165) is 5.56 Å². The first-order valence-corrected chi connectivity index (χ1v) is 7.41. The Balaban J connectivity index is 1.77. The van der Waals surface area contributed by atoms with Gasteiger partial charge in [0.1, 0.15) is 17.6 Å². The summed E-state index contributed by atoms with van der Waals surface area (Å²) in [6, 6.07) is 11.9. The number of hydrogen-bond donors (Lipinski definition) is 2. The molecule has 1 heterocycles. The SMILES string of the molecule is COC(=O)c1cccc(CC2CC(O)c3cc(O)ccc3O2)c1. The molecular formula is C18H18O5. The third kappa shape index (κ3) is 3.29. The summed E-state index contributed by atoms with van der Waals surface area (Å²) in [6.07, 6.45) is 0.121. The molecule has 2 unspecified atom stereocenters. The van der Waals surface area contributed by atoms with Crippen LogP contribution >= 0.6 is 0 Å². The Morgan fingerprint density at radius 1 is 1.30 bits per heavy atom. The Labute approximate surface area is 134 Å². The maximum atomic E-state index is 11.6. The highest BCUT2D eigenvalue weighted by atomic mass is 16.5. The Kier molecular flexibility index (Phi) is 4.21. The second-order valence-corrected chi connectivity index (χ2v) is 5.61. The molecule has 2 aromatic carbocycles. The van der Waals surface area contributed by atoms with Crippen LogP contribution in [0.1, 0.15) is 34.0 Å². The quantitative estimate of drug-likeness (QED) is 0.852. The molecule has 0 amide bonds. The van der Waals surface area contributed by atoms with Crippen molar-refractivity contribution in [3.8, 4) is 11.5 Å². The van der Waals surface area contributed by atoms with E-state index in [0.29, 0.717) is 29.7 Å². The fourth-order valence-electron chi connectivity index (χ4n) is 2.84. The van der Waals surface area contributed by atoms with Crippen molar-refractivity contribution in [2.24, 2.45) is 0 Å². The number of ether oxygens (including phenoxy) is 2. The molecule has 0 bridgehead atoms. The highest BCUT2D eigenvalue weighted by Gasteiger charge is 2.27. The molecule has 5 nitrogen and oxygen atoms in total. The van der Waals surface area contributed by atoms with Gasteiger partial charge >= 0.3 is 5.97 Å². The van der Waals surface area contributed by atoms with Crippen LogP contribution in [0.2, 0.25) is 0 Å². The molecule has 0 aliphatic carbocycles. The fraction of sp³-hybridized carbons (Fsp3) is 0.278. The van der Waals surface area contributed by atoms with Crippen molar-refractivity contribution in [2.45, 2.75) is 25.0 Å². The number of aromatic hydroxyl groups is 1. The van der Waals surface area contributed by atoms with E-state index in [4.69, 9.17) is 9.47 Å². The van der Waals surface area contributed by atoms with Crippen molar-refractivity contribution >= 4 is 5.97 Å². The van der Waals surface area contributed by atoms with E-state index in [9.17, 15) is 15.0 Å². The zero-order chi connectivity index (χ0) is 16.4. The summed E-state index contributed by atoms with van der Waals surface area (Å²) in [7, 11) is 1.35. The molecule has 2 atom stereocenters. The number of hydrogen-bond acceptors (Lipinski definition) is 5. The Morgan fingerprint density at radius 3 is 2.91 bits per heavy atom. The molecule has 2 aromatic rings. The van der Waals surface area contributed by atoms with Crippen LogP contribution < -0.4 is 4.74 Å². The summed E-state index contributed by atoms with van der Waals surface area (Å²) < 4.78 is 10.6. The van der Waals surface area contributed by atoms with E-state index in [1.54, 1.807) is 24.3 Å². The average molecular weight is 314 g/mol. The summed E-state index contributed by atoms with van der Waals surface area (Å²) in [4.78, 5) is 11.6. The topological polar surface area (TPSA) is 76.0 Å². The number of esters is 1. The zero-order valence-electron chi connectivity index (χ0n) is 12.7. The van der Waals surface area contributed by atoms with Gasteiger partial charge in [-0.05, 0) is 35.9 Å². The van der Waals surface area contributed by atoms with Crippen LogP contribution in [-0.2, 0) is 11.2 Å². The van der Waals surface area contributed by atoms with Crippen LogP contribution in [0.3, 0.4) is 0 Å². The number of carbonyl (C=O) groups is 1. The molecule has 5 heteroatoms. The Morgan fingerprint density at radius 2 is 2.13 bits per heavy atom. The van der Waals surface area contributed by atoms with Crippen LogP contribution in [0, 0.1) is 0 Å². The van der Waals surface area contributed by atoms with E-state index >= 15 is 0 Å². The van der Waals surface area contributed by atoms with Gasteiger partial charge in [0, 0.05) is 18.4 Å². The van der Waals surface area contributed by atoms with Crippen molar-refractivity contribution in [2.75, 3.05) is 7.11 Å². The third-order valence-electron chi connectivity index (χ3n) is 3.94. The smallest absolute Gasteiger partial charge is 0.337 e. The van der Waals surface area contributed by atoms with E-state index in [-0.39, 0.29) is 17.8 Å². The standard InChI is InChI=1S/C18H18O5/c1-22-18(21)12-4-2-3-11(7-12)8-14-10-16(20)15-9-13(19)5-6-17(15)23-14/h2-7,9,14,16,19-20H,8,10H2,1H3. The highest BCUT2D eigenvalue weighted by Crippen LogP contribution is 2.37. The molecule has 120 valence electrons.